The number of pyridine rings is 1. The Bertz CT molecular complexity index is 1060. The van der Waals surface area contributed by atoms with Gasteiger partial charge in [-0.15, -0.1) is 0 Å². The summed E-state index contributed by atoms with van der Waals surface area (Å²) in [4.78, 5) is 16.7. The van der Waals surface area contributed by atoms with Crippen molar-refractivity contribution in [1.29, 1.82) is 0 Å². The molecular formula is C22H21F3N2O2. The molecule has 0 saturated carbocycles. The van der Waals surface area contributed by atoms with E-state index in [1.807, 2.05) is 6.92 Å². The molecule has 3 aromatic rings. The summed E-state index contributed by atoms with van der Waals surface area (Å²) in [5.74, 6) is -0.623. The molecule has 0 radical (unpaired) electrons. The quantitative estimate of drug-likeness (QED) is 0.631. The van der Waals surface area contributed by atoms with Gasteiger partial charge >= 0.3 is 6.18 Å². The molecule has 0 aliphatic rings. The molecule has 0 saturated heterocycles. The molecule has 0 aliphatic heterocycles. The normalized spacial score (nSPS) is 12.3. The molecule has 1 amide bonds. The second-order valence-corrected chi connectivity index (χ2v) is 7.14. The lowest BCUT2D eigenvalue weighted by Gasteiger charge is -2.26. The molecule has 3 rings (SSSR count). The average Bonchev–Trinajstić information content (AvgIpc) is 2.65. The molecule has 0 aliphatic carbocycles. The van der Waals surface area contributed by atoms with Crippen molar-refractivity contribution in [3.05, 3.63) is 65.4 Å². The predicted octanol–water partition coefficient (Wildman–Crippen LogP) is 5.29. The maximum absolute atomic E-state index is 12.9. The van der Waals surface area contributed by atoms with Crippen LogP contribution in [0.5, 0.6) is 0 Å². The van der Waals surface area contributed by atoms with E-state index in [4.69, 9.17) is 10.5 Å². The lowest BCUT2D eigenvalue weighted by Crippen LogP contribution is -2.28. The van der Waals surface area contributed by atoms with E-state index in [-0.39, 0.29) is 5.56 Å². The number of hydrogen-bond acceptors (Lipinski definition) is 3. The lowest BCUT2D eigenvalue weighted by molar-refractivity contribution is -0.137. The predicted molar refractivity (Wildman–Crippen MR) is 105 cm³/mol. The van der Waals surface area contributed by atoms with E-state index < -0.39 is 23.2 Å². The Hall–Kier alpha value is -2.93. The summed E-state index contributed by atoms with van der Waals surface area (Å²) < 4.78 is 44.4. The Morgan fingerprint density at radius 1 is 1.10 bits per heavy atom. The number of aromatic nitrogens is 1. The standard InChI is InChI=1S/C22H21F3N2O2/c1-4-29-21(2,3)19-17(20(26)28)12-14-6-5-7-16(18(14)27-19)13-8-10-15(11-9-13)22(23,24)25/h5-12H,4H2,1-3H3,(H2,26,28). The smallest absolute Gasteiger partial charge is 0.370 e. The highest BCUT2D eigenvalue weighted by molar-refractivity contribution is 6.01. The van der Waals surface area contributed by atoms with Gasteiger partial charge in [-0.2, -0.15) is 13.2 Å². The number of nitrogens with zero attached hydrogens (tertiary/aromatic N) is 1. The third-order valence-electron chi connectivity index (χ3n) is 4.71. The Labute approximate surface area is 166 Å². The van der Waals surface area contributed by atoms with Gasteiger partial charge in [0.1, 0.15) is 5.60 Å². The summed E-state index contributed by atoms with van der Waals surface area (Å²) in [7, 11) is 0. The van der Waals surface area contributed by atoms with Crippen LogP contribution in [0.15, 0.2) is 48.5 Å². The largest absolute Gasteiger partial charge is 0.416 e. The summed E-state index contributed by atoms with van der Waals surface area (Å²) in [5.41, 5.74) is 6.40. The maximum Gasteiger partial charge on any atom is 0.416 e. The van der Waals surface area contributed by atoms with Gasteiger partial charge in [-0.25, -0.2) is 4.98 Å². The van der Waals surface area contributed by atoms with Crippen LogP contribution in [0.1, 0.15) is 42.4 Å². The number of nitrogens with two attached hydrogens (primary N) is 1. The minimum Gasteiger partial charge on any atom is -0.370 e. The van der Waals surface area contributed by atoms with Crippen LogP contribution >= 0.6 is 0 Å². The fraction of sp³-hybridized carbons (Fsp3) is 0.273. The summed E-state index contributed by atoms with van der Waals surface area (Å²) in [6.45, 7) is 5.82. The number of rotatable bonds is 5. The number of amides is 1. The zero-order valence-electron chi connectivity index (χ0n) is 16.3. The van der Waals surface area contributed by atoms with E-state index in [9.17, 15) is 18.0 Å². The number of ether oxygens (including phenoxy) is 1. The molecule has 4 nitrogen and oxygen atoms in total. The van der Waals surface area contributed by atoms with Crippen LogP contribution in [0.2, 0.25) is 0 Å². The topological polar surface area (TPSA) is 65.2 Å². The van der Waals surface area contributed by atoms with Gasteiger partial charge in [0.2, 0.25) is 0 Å². The minimum absolute atomic E-state index is 0.250. The van der Waals surface area contributed by atoms with Crippen LogP contribution in [-0.4, -0.2) is 17.5 Å². The highest BCUT2D eigenvalue weighted by Crippen LogP contribution is 2.35. The van der Waals surface area contributed by atoms with Gasteiger partial charge in [-0.3, -0.25) is 4.79 Å². The van der Waals surface area contributed by atoms with Crippen LogP contribution in [0.25, 0.3) is 22.0 Å². The molecule has 2 aromatic carbocycles. The SMILES string of the molecule is CCOC(C)(C)c1nc2c(-c3ccc(C(F)(F)F)cc3)cccc2cc1C(N)=O. The van der Waals surface area contributed by atoms with Crippen LogP contribution in [0.3, 0.4) is 0 Å². The Kier molecular flexibility index (Phi) is 5.36. The van der Waals surface area contributed by atoms with E-state index >= 15 is 0 Å². The first-order valence-electron chi connectivity index (χ1n) is 9.10. The van der Waals surface area contributed by atoms with Crippen molar-refractivity contribution >= 4 is 16.8 Å². The van der Waals surface area contributed by atoms with E-state index in [0.717, 1.165) is 12.1 Å². The van der Waals surface area contributed by atoms with E-state index in [1.165, 1.54) is 12.1 Å². The number of primary amides is 1. The molecule has 0 fully saturated rings. The van der Waals surface area contributed by atoms with Crippen molar-refractivity contribution in [1.82, 2.24) is 4.98 Å². The third-order valence-corrected chi connectivity index (χ3v) is 4.71. The van der Waals surface area contributed by atoms with E-state index in [2.05, 4.69) is 4.98 Å². The lowest BCUT2D eigenvalue weighted by atomic mass is 9.94. The second kappa shape index (κ2) is 7.48. The molecule has 2 N–H and O–H groups in total. The van der Waals surface area contributed by atoms with Gasteiger partial charge in [0.15, 0.2) is 0 Å². The van der Waals surface area contributed by atoms with Gasteiger partial charge in [-0.05, 0) is 44.5 Å². The van der Waals surface area contributed by atoms with Gasteiger partial charge in [-0.1, -0.05) is 30.3 Å². The monoisotopic (exact) mass is 402 g/mol. The number of carbonyl (C=O) groups is 1. The zero-order valence-corrected chi connectivity index (χ0v) is 16.3. The molecule has 29 heavy (non-hydrogen) atoms. The van der Waals surface area contributed by atoms with Crippen LogP contribution in [-0.2, 0) is 16.5 Å². The molecule has 152 valence electrons. The van der Waals surface area contributed by atoms with E-state index in [1.54, 1.807) is 38.1 Å². The number of carbonyl (C=O) groups excluding carboxylic acids is 1. The van der Waals surface area contributed by atoms with Crippen molar-refractivity contribution in [2.45, 2.75) is 32.5 Å². The maximum atomic E-state index is 12.9. The van der Waals surface area contributed by atoms with Crippen molar-refractivity contribution in [2.24, 2.45) is 5.73 Å². The summed E-state index contributed by atoms with van der Waals surface area (Å²) >= 11 is 0. The average molecular weight is 402 g/mol. The number of fused-ring (bicyclic) bond motifs is 1. The molecule has 0 spiro atoms. The van der Waals surface area contributed by atoms with Crippen LogP contribution < -0.4 is 5.73 Å². The summed E-state index contributed by atoms with van der Waals surface area (Å²) in [5, 5.41) is 0.659. The molecular weight excluding hydrogens is 381 g/mol. The summed E-state index contributed by atoms with van der Waals surface area (Å²) in [6, 6.07) is 11.9. The Balaban J connectivity index is 2.23. The molecule has 0 unspecified atom stereocenters. The number of halogens is 3. The molecule has 1 aromatic heterocycles. The van der Waals surface area contributed by atoms with Crippen molar-refractivity contribution in [3.63, 3.8) is 0 Å². The zero-order chi connectivity index (χ0) is 21.4. The molecule has 0 atom stereocenters. The fourth-order valence-electron chi connectivity index (χ4n) is 3.35. The highest BCUT2D eigenvalue weighted by atomic mass is 19.4. The summed E-state index contributed by atoms with van der Waals surface area (Å²) in [6.07, 6.45) is -4.40. The van der Waals surface area contributed by atoms with Crippen molar-refractivity contribution < 1.29 is 22.7 Å². The van der Waals surface area contributed by atoms with Crippen LogP contribution in [0, 0.1) is 0 Å². The highest BCUT2D eigenvalue weighted by Gasteiger charge is 2.31. The first-order chi connectivity index (χ1) is 13.5. The molecule has 1 heterocycles. The van der Waals surface area contributed by atoms with Gasteiger partial charge in [0.25, 0.3) is 5.91 Å². The minimum atomic E-state index is -4.40. The van der Waals surface area contributed by atoms with Crippen molar-refractivity contribution in [2.75, 3.05) is 6.61 Å². The Morgan fingerprint density at radius 2 is 1.76 bits per heavy atom. The third kappa shape index (κ3) is 4.10. The number of hydrogen-bond donors (Lipinski definition) is 1. The van der Waals surface area contributed by atoms with E-state index in [0.29, 0.717) is 34.3 Å². The van der Waals surface area contributed by atoms with Crippen LogP contribution in [0.4, 0.5) is 13.2 Å². The number of alkyl halides is 3. The van der Waals surface area contributed by atoms with Gasteiger partial charge in [0.05, 0.1) is 22.3 Å². The van der Waals surface area contributed by atoms with Crippen molar-refractivity contribution in [3.8, 4) is 11.1 Å². The molecule has 0 bridgehead atoms. The van der Waals surface area contributed by atoms with Gasteiger partial charge in [0, 0.05) is 17.6 Å². The number of para-hydroxylation sites is 1. The molecule has 7 heteroatoms. The van der Waals surface area contributed by atoms with Gasteiger partial charge < -0.3 is 10.5 Å². The second-order valence-electron chi connectivity index (χ2n) is 7.14. The first kappa shape index (κ1) is 20.8. The fourth-order valence-corrected chi connectivity index (χ4v) is 3.35. The number of benzene rings is 2. The Morgan fingerprint density at radius 3 is 2.31 bits per heavy atom. The first-order valence-corrected chi connectivity index (χ1v) is 9.10.